The number of hydrogen-bond donors (Lipinski definition) is 0. The van der Waals surface area contributed by atoms with Gasteiger partial charge in [0.15, 0.2) is 12.0 Å². The van der Waals surface area contributed by atoms with Gasteiger partial charge in [-0.25, -0.2) is 4.98 Å². The van der Waals surface area contributed by atoms with Gasteiger partial charge in [0.1, 0.15) is 5.52 Å². The summed E-state index contributed by atoms with van der Waals surface area (Å²) in [5.41, 5.74) is 3.03. The van der Waals surface area contributed by atoms with Crippen molar-refractivity contribution >= 4 is 11.1 Å². The number of rotatable bonds is 2. The Hall–Kier alpha value is -1.31. The number of hydrogen-bond acceptors (Lipinski definition) is 2. The third-order valence-corrected chi connectivity index (χ3v) is 1.88. The van der Waals surface area contributed by atoms with Crippen LogP contribution in [0.25, 0.3) is 11.1 Å². The number of oxazole rings is 1. The maximum atomic E-state index is 5.26. The molecule has 0 aliphatic heterocycles. The largest absolute Gasteiger partial charge is 0.443 e. The van der Waals surface area contributed by atoms with Crippen LogP contribution in [0.5, 0.6) is 0 Å². The molecule has 0 aliphatic rings. The molecule has 1 radical (unpaired) electrons. The fraction of sp³-hybridized carbons (Fsp3) is 0.200. The molecule has 0 amide bonds. The van der Waals surface area contributed by atoms with Gasteiger partial charge >= 0.3 is 0 Å². The average molecular weight is 160 g/mol. The molecule has 0 atom stereocenters. The Kier molecular flexibility index (Phi) is 1.82. The molecular weight excluding hydrogens is 150 g/mol. The second-order valence-electron chi connectivity index (χ2n) is 2.72. The van der Waals surface area contributed by atoms with E-state index in [9.17, 15) is 0 Å². The van der Waals surface area contributed by atoms with E-state index in [1.54, 1.807) is 0 Å². The van der Waals surface area contributed by atoms with Crippen molar-refractivity contribution in [2.45, 2.75) is 12.8 Å². The lowest BCUT2D eigenvalue weighted by molar-refractivity contribution is 0.597. The van der Waals surface area contributed by atoms with Gasteiger partial charge in [-0.15, -0.1) is 0 Å². The van der Waals surface area contributed by atoms with E-state index in [1.165, 1.54) is 12.0 Å². The minimum Gasteiger partial charge on any atom is -0.443 e. The standard InChI is InChI=1S/C10H10NO/c1-2-4-8-5-3-6-9-10(8)12-7-11-9/h3,5-7H,1-2,4H2. The fourth-order valence-electron chi connectivity index (χ4n) is 1.33. The van der Waals surface area contributed by atoms with E-state index in [-0.39, 0.29) is 0 Å². The van der Waals surface area contributed by atoms with Crippen molar-refractivity contribution in [1.82, 2.24) is 4.98 Å². The van der Waals surface area contributed by atoms with Gasteiger partial charge in [0.2, 0.25) is 0 Å². The lowest BCUT2D eigenvalue weighted by Crippen LogP contribution is -1.82. The maximum Gasteiger partial charge on any atom is 0.181 e. The van der Waals surface area contributed by atoms with Crippen LogP contribution >= 0.6 is 0 Å². The quantitative estimate of drug-likeness (QED) is 0.674. The number of aryl methyl sites for hydroxylation is 1. The van der Waals surface area contributed by atoms with E-state index in [0.717, 1.165) is 23.9 Å². The number of para-hydroxylation sites is 1. The zero-order valence-electron chi connectivity index (χ0n) is 6.79. The van der Waals surface area contributed by atoms with Gasteiger partial charge in [-0.2, -0.15) is 0 Å². The van der Waals surface area contributed by atoms with Crippen LogP contribution in [0.2, 0.25) is 0 Å². The highest BCUT2D eigenvalue weighted by molar-refractivity contribution is 5.75. The molecule has 12 heavy (non-hydrogen) atoms. The molecule has 61 valence electrons. The topological polar surface area (TPSA) is 26.0 Å². The van der Waals surface area contributed by atoms with Crippen LogP contribution in [0, 0.1) is 6.92 Å². The third kappa shape index (κ3) is 1.09. The molecular formula is C10H10NO. The minimum absolute atomic E-state index is 0.889. The van der Waals surface area contributed by atoms with Crippen LogP contribution in [0.3, 0.4) is 0 Å². The predicted molar refractivity (Wildman–Crippen MR) is 47.7 cm³/mol. The maximum absolute atomic E-state index is 5.26. The van der Waals surface area contributed by atoms with Gasteiger partial charge < -0.3 is 4.42 Å². The summed E-state index contributed by atoms with van der Waals surface area (Å²) in [6.45, 7) is 3.81. The molecule has 2 heteroatoms. The predicted octanol–water partition coefficient (Wildman–Crippen LogP) is 2.59. The summed E-state index contributed by atoms with van der Waals surface area (Å²) in [5, 5.41) is 0. The first-order valence-corrected chi connectivity index (χ1v) is 4.02. The Bertz CT molecular complexity index is 378. The molecule has 0 aliphatic carbocycles. The molecule has 0 unspecified atom stereocenters. The molecule has 2 aromatic rings. The highest BCUT2D eigenvalue weighted by atomic mass is 16.3. The van der Waals surface area contributed by atoms with Crippen molar-refractivity contribution < 1.29 is 4.42 Å². The van der Waals surface area contributed by atoms with Gasteiger partial charge in [-0.3, -0.25) is 0 Å². The van der Waals surface area contributed by atoms with Gasteiger partial charge in [0.25, 0.3) is 0 Å². The molecule has 0 spiro atoms. The molecule has 0 bridgehead atoms. The van der Waals surface area contributed by atoms with E-state index in [1.807, 2.05) is 12.1 Å². The fourth-order valence-corrected chi connectivity index (χ4v) is 1.33. The zero-order chi connectivity index (χ0) is 8.39. The molecule has 0 saturated carbocycles. The number of fused-ring (bicyclic) bond motifs is 1. The summed E-state index contributed by atoms with van der Waals surface area (Å²) in [5.74, 6) is 0. The third-order valence-electron chi connectivity index (χ3n) is 1.88. The lowest BCUT2D eigenvalue weighted by Gasteiger charge is -1.96. The normalized spacial score (nSPS) is 10.8. The SMILES string of the molecule is [CH2]CCc1cccc2ncoc12. The number of aromatic nitrogens is 1. The van der Waals surface area contributed by atoms with Crippen molar-refractivity contribution in [2.24, 2.45) is 0 Å². The molecule has 0 saturated heterocycles. The Morgan fingerprint density at radius 2 is 2.33 bits per heavy atom. The molecule has 0 N–H and O–H groups in total. The minimum atomic E-state index is 0.889. The molecule has 2 nitrogen and oxygen atoms in total. The van der Waals surface area contributed by atoms with Crippen LogP contribution in [-0.2, 0) is 6.42 Å². The highest BCUT2D eigenvalue weighted by Gasteiger charge is 2.02. The molecule has 1 aromatic carbocycles. The van der Waals surface area contributed by atoms with Crippen molar-refractivity contribution in [1.29, 1.82) is 0 Å². The van der Waals surface area contributed by atoms with E-state index in [0.29, 0.717) is 0 Å². The van der Waals surface area contributed by atoms with Gasteiger partial charge in [0.05, 0.1) is 0 Å². The molecule has 1 aromatic heterocycles. The van der Waals surface area contributed by atoms with Crippen LogP contribution in [0.15, 0.2) is 29.0 Å². The summed E-state index contributed by atoms with van der Waals surface area (Å²) in [4.78, 5) is 4.07. The monoisotopic (exact) mass is 160 g/mol. The summed E-state index contributed by atoms with van der Waals surface area (Å²) >= 11 is 0. The summed E-state index contributed by atoms with van der Waals surface area (Å²) in [6, 6.07) is 6.00. The van der Waals surface area contributed by atoms with Crippen LogP contribution in [-0.4, -0.2) is 4.98 Å². The summed E-state index contributed by atoms with van der Waals surface area (Å²) < 4.78 is 5.26. The Morgan fingerprint density at radius 3 is 3.17 bits per heavy atom. The highest BCUT2D eigenvalue weighted by Crippen LogP contribution is 2.18. The second-order valence-corrected chi connectivity index (χ2v) is 2.72. The van der Waals surface area contributed by atoms with Crippen molar-refractivity contribution in [3.63, 3.8) is 0 Å². The van der Waals surface area contributed by atoms with Crippen molar-refractivity contribution in [3.05, 3.63) is 37.1 Å². The lowest BCUT2D eigenvalue weighted by atomic mass is 10.1. The van der Waals surface area contributed by atoms with Crippen molar-refractivity contribution in [3.8, 4) is 0 Å². The average Bonchev–Trinajstić information content (AvgIpc) is 2.53. The molecule has 1 heterocycles. The van der Waals surface area contributed by atoms with Gasteiger partial charge in [-0.1, -0.05) is 19.1 Å². The van der Waals surface area contributed by atoms with E-state index in [4.69, 9.17) is 4.42 Å². The van der Waals surface area contributed by atoms with Crippen molar-refractivity contribution in [2.75, 3.05) is 0 Å². The first-order chi connectivity index (χ1) is 5.92. The van der Waals surface area contributed by atoms with Crippen LogP contribution in [0.4, 0.5) is 0 Å². The zero-order valence-corrected chi connectivity index (χ0v) is 6.79. The smallest absolute Gasteiger partial charge is 0.181 e. The van der Waals surface area contributed by atoms with Gasteiger partial charge in [0, 0.05) is 0 Å². The Labute approximate surface area is 71.2 Å². The number of benzene rings is 1. The van der Waals surface area contributed by atoms with E-state index < -0.39 is 0 Å². The van der Waals surface area contributed by atoms with Crippen LogP contribution < -0.4 is 0 Å². The van der Waals surface area contributed by atoms with Crippen LogP contribution in [0.1, 0.15) is 12.0 Å². The first-order valence-electron chi connectivity index (χ1n) is 4.02. The Balaban J connectivity index is 2.57. The van der Waals surface area contributed by atoms with E-state index >= 15 is 0 Å². The summed E-state index contributed by atoms with van der Waals surface area (Å²) in [6.07, 6.45) is 3.32. The summed E-state index contributed by atoms with van der Waals surface area (Å²) in [7, 11) is 0. The molecule has 0 fully saturated rings. The van der Waals surface area contributed by atoms with E-state index in [2.05, 4.69) is 18.0 Å². The van der Waals surface area contributed by atoms with Gasteiger partial charge in [-0.05, 0) is 24.5 Å². The molecule has 2 rings (SSSR count). The first kappa shape index (κ1) is 7.35. The second kappa shape index (κ2) is 2.97. The Morgan fingerprint density at radius 1 is 1.42 bits per heavy atom. The number of nitrogens with zero attached hydrogens (tertiary/aromatic N) is 1.